The van der Waals surface area contributed by atoms with Crippen LogP contribution in [0.5, 0.6) is 0 Å². The van der Waals surface area contributed by atoms with E-state index in [2.05, 4.69) is 20.2 Å². The summed E-state index contributed by atoms with van der Waals surface area (Å²) in [6, 6.07) is 9.78. The molecular formula is C11H8N4O. The van der Waals surface area contributed by atoms with Gasteiger partial charge in [0.05, 0.1) is 0 Å². The number of hydrogen-bond donors (Lipinski definition) is 2. The summed E-state index contributed by atoms with van der Waals surface area (Å²) in [6.07, 6.45) is 1.76. The molecule has 0 unspecified atom stereocenters. The lowest BCUT2D eigenvalue weighted by Crippen LogP contribution is -2.00. The van der Waals surface area contributed by atoms with E-state index in [1.807, 2.05) is 30.3 Å². The molecule has 0 saturated heterocycles. The molecule has 1 aromatic carbocycles. The van der Waals surface area contributed by atoms with Crippen molar-refractivity contribution < 1.29 is 0 Å². The van der Waals surface area contributed by atoms with Crippen molar-refractivity contribution in [3.8, 4) is 11.5 Å². The van der Waals surface area contributed by atoms with Crippen molar-refractivity contribution in [2.75, 3.05) is 0 Å². The second-order valence-corrected chi connectivity index (χ2v) is 3.44. The van der Waals surface area contributed by atoms with E-state index in [1.54, 1.807) is 6.20 Å². The van der Waals surface area contributed by atoms with E-state index in [4.69, 9.17) is 0 Å². The maximum atomic E-state index is 10.9. The van der Waals surface area contributed by atoms with Gasteiger partial charge in [-0.15, -0.1) is 0 Å². The molecule has 0 saturated carbocycles. The van der Waals surface area contributed by atoms with Crippen LogP contribution in [-0.4, -0.2) is 20.2 Å². The molecule has 2 aromatic heterocycles. The lowest BCUT2D eigenvalue weighted by Gasteiger charge is -1.98. The monoisotopic (exact) mass is 212 g/mol. The Hall–Kier alpha value is -2.43. The fourth-order valence-corrected chi connectivity index (χ4v) is 1.60. The maximum Gasteiger partial charge on any atom is 0.340 e. The molecule has 0 fully saturated rings. The van der Waals surface area contributed by atoms with E-state index < -0.39 is 0 Å². The summed E-state index contributed by atoms with van der Waals surface area (Å²) in [5.41, 5.74) is 0.321. The first-order chi connectivity index (χ1) is 7.83. The molecule has 5 heteroatoms. The number of benzene rings is 1. The molecule has 0 bridgehead atoms. The molecule has 3 aromatic rings. The highest BCUT2D eigenvalue weighted by molar-refractivity contribution is 5.84. The van der Waals surface area contributed by atoms with Gasteiger partial charge < -0.3 is 0 Å². The second kappa shape index (κ2) is 3.30. The van der Waals surface area contributed by atoms with E-state index in [0.717, 1.165) is 10.8 Å². The number of H-pyrrole nitrogens is 2. The third-order valence-corrected chi connectivity index (χ3v) is 2.37. The zero-order valence-corrected chi connectivity index (χ0v) is 8.27. The minimum absolute atomic E-state index is 0.329. The first-order valence-corrected chi connectivity index (χ1v) is 4.83. The Morgan fingerprint density at radius 3 is 2.69 bits per heavy atom. The lowest BCUT2D eigenvalue weighted by atomic mass is 10.1. The number of hydrogen-bond acceptors (Lipinski definition) is 3. The van der Waals surface area contributed by atoms with Gasteiger partial charge in [-0.25, -0.2) is 9.89 Å². The second-order valence-electron chi connectivity index (χ2n) is 3.44. The summed E-state index contributed by atoms with van der Waals surface area (Å²) >= 11 is 0. The van der Waals surface area contributed by atoms with E-state index in [9.17, 15) is 4.79 Å². The average molecular weight is 212 g/mol. The zero-order chi connectivity index (χ0) is 11.0. The summed E-state index contributed by atoms with van der Waals surface area (Å²) in [5, 5.41) is 8.28. The molecular weight excluding hydrogens is 204 g/mol. The molecule has 0 atom stereocenters. The van der Waals surface area contributed by atoms with Crippen LogP contribution in [0, 0.1) is 0 Å². The summed E-state index contributed by atoms with van der Waals surface area (Å²) in [6.45, 7) is 0. The molecule has 16 heavy (non-hydrogen) atoms. The Balaban J connectivity index is 2.22. The average Bonchev–Trinajstić information content (AvgIpc) is 2.75. The van der Waals surface area contributed by atoms with Gasteiger partial charge in [-0.3, -0.25) is 9.97 Å². The van der Waals surface area contributed by atoms with Crippen molar-refractivity contribution in [1.82, 2.24) is 20.2 Å². The number of rotatable bonds is 1. The predicted octanol–water partition coefficient (Wildman–Crippen LogP) is 1.31. The van der Waals surface area contributed by atoms with Crippen LogP contribution in [0.1, 0.15) is 0 Å². The molecule has 0 amide bonds. The normalized spacial score (nSPS) is 10.8. The quantitative estimate of drug-likeness (QED) is 0.638. The summed E-state index contributed by atoms with van der Waals surface area (Å²) in [5.74, 6) is 0.454. The van der Waals surface area contributed by atoms with Crippen LogP contribution in [0.3, 0.4) is 0 Å². The smallest absolute Gasteiger partial charge is 0.288 e. The maximum absolute atomic E-state index is 10.9. The van der Waals surface area contributed by atoms with Crippen molar-refractivity contribution in [2.45, 2.75) is 0 Å². The number of fused-ring (bicyclic) bond motifs is 1. The Kier molecular flexibility index (Phi) is 1.83. The fourth-order valence-electron chi connectivity index (χ4n) is 1.60. The van der Waals surface area contributed by atoms with Crippen molar-refractivity contribution in [2.24, 2.45) is 0 Å². The van der Waals surface area contributed by atoms with Crippen LogP contribution < -0.4 is 5.69 Å². The third-order valence-electron chi connectivity index (χ3n) is 2.37. The van der Waals surface area contributed by atoms with Crippen LogP contribution in [0.25, 0.3) is 22.3 Å². The first kappa shape index (κ1) is 8.84. The summed E-state index contributed by atoms with van der Waals surface area (Å²) in [4.78, 5) is 17.7. The van der Waals surface area contributed by atoms with Crippen molar-refractivity contribution >= 4 is 10.8 Å². The van der Waals surface area contributed by atoms with Gasteiger partial charge in [-0.05, 0) is 11.5 Å². The van der Waals surface area contributed by atoms with Gasteiger partial charge in [0.1, 0.15) is 5.69 Å². The number of pyridine rings is 1. The molecule has 0 aliphatic rings. The SMILES string of the molecule is O=c1[nH]nc(-c2cc3ccccc3cn2)[nH]1. The first-order valence-electron chi connectivity index (χ1n) is 4.83. The Bertz CT molecular complexity index is 698. The zero-order valence-electron chi connectivity index (χ0n) is 8.27. The Morgan fingerprint density at radius 2 is 1.94 bits per heavy atom. The Morgan fingerprint density at radius 1 is 1.12 bits per heavy atom. The van der Waals surface area contributed by atoms with E-state index in [-0.39, 0.29) is 5.69 Å². The van der Waals surface area contributed by atoms with Crippen LogP contribution in [-0.2, 0) is 0 Å². The van der Waals surface area contributed by atoms with Gasteiger partial charge in [0.2, 0.25) is 0 Å². The number of nitrogens with one attached hydrogen (secondary N) is 2. The molecule has 0 spiro atoms. The molecule has 2 N–H and O–H groups in total. The molecule has 0 aliphatic carbocycles. The van der Waals surface area contributed by atoms with E-state index >= 15 is 0 Å². The van der Waals surface area contributed by atoms with Crippen LogP contribution in [0.4, 0.5) is 0 Å². The summed E-state index contributed by atoms with van der Waals surface area (Å²) < 4.78 is 0. The van der Waals surface area contributed by atoms with Crippen LogP contribution in [0.15, 0.2) is 41.3 Å². The van der Waals surface area contributed by atoms with Gasteiger partial charge in [0, 0.05) is 11.6 Å². The summed E-state index contributed by atoms with van der Waals surface area (Å²) in [7, 11) is 0. The standard InChI is InChI=1S/C11H8N4O/c16-11-13-10(14-15-11)9-5-7-3-1-2-4-8(7)6-12-9/h1-6H,(H2,13,14,15,16). The third kappa shape index (κ3) is 1.38. The lowest BCUT2D eigenvalue weighted by molar-refractivity contribution is 1.05. The number of nitrogens with zero attached hydrogens (tertiary/aromatic N) is 2. The highest BCUT2D eigenvalue weighted by Gasteiger charge is 2.04. The van der Waals surface area contributed by atoms with Gasteiger partial charge in [0.25, 0.3) is 0 Å². The molecule has 0 radical (unpaired) electrons. The molecule has 3 rings (SSSR count). The predicted molar refractivity (Wildman–Crippen MR) is 59.9 cm³/mol. The fraction of sp³-hybridized carbons (Fsp3) is 0. The minimum Gasteiger partial charge on any atom is -0.288 e. The van der Waals surface area contributed by atoms with E-state index in [1.165, 1.54) is 0 Å². The molecule has 5 nitrogen and oxygen atoms in total. The van der Waals surface area contributed by atoms with E-state index in [0.29, 0.717) is 11.5 Å². The highest BCUT2D eigenvalue weighted by atomic mass is 16.1. The highest BCUT2D eigenvalue weighted by Crippen LogP contribution is 2.17. The Labute approximate surface area is 90.2 Å². The van der Waals surface area contributed by atoms with Crippen molar-refractivity contribution in [3.05, 3.63) is 47.0 Å². The molecule has 78 valence electrons. The minimum atomic E-state index is -0.329. The van der Waals surface area contributed by atoms with Gasteiger partial charge in [0.15, 0.2) is 5.82 Å². The largest absolute Gasteiger partial charge is 0.340 e. The van der Waals surface area contributed by atoms with Gasteiger partial charge in [-0.2, -0.15) is 5.10 Å². The van der Waals surface area contributed by atoms with Crippen LogP contribution in [0.2, 0.25) is 0 Å². The number of aromatic nitrogens is 4. The van der Waals surface area contributed by atoms with Crippen molar-refractivity contribution in [3.63, 3.8) is 0 Å². The topological polar surface area (TPSA) is 74.4 Å². The van der Waals surface area contributed by atoms with Crippen LogP contribution >= 0.6 is 0 Å². The van der Waals surface area contributed by atoms with Gasteiger partial charge in [-0.1, -0.05) is 24.3 Å². The number of aromatic amines is 2. The van der Waals surface area contributed by atoms with Gasteiger partial charge >= 0.3 is 5.69 Å². The molecule has 2 heterocycles. The molecule has 0 aliphatic heterocycles. The van der Waals surface area contributed by atoms with Crippen molar-refractivity contribution in [1.29, 1.82) is 0 Å².